The number of benzene rings is 2. The molecule has 0 bridgehead atoms. The van der Waals surface area contributed by atoms with Crippen molar-refractivity contribution in [2.24, 2.45) is 0 Å². The SMILES string of the molecule is Cc1ccc(F)c(NCc2ccc(CC(=O)O)cc2)c1F. The van der Waals surface area contributed by atoms with Gasteiger partial charge in [0, 0.05) is 6.54 Å². The Balaban J connectivity index is 2.07. The van der Waals surface area contributed by atoms with Gasteiger partial charge in [0.2, 0.25) is 0 Å². The zero-order chi connectivity index (χ0) is 15.4. The van der Waals surface area contributed by atoms with Crippen LogP contribution in [0.5, 0.6) is 0 Å². The van der Waals surface area contributed by atoms with E-state index in [4.69, 9.17) is 5.11 Å². The lowest BCUT2D eigenvalue weighted by molar-refractivity contribution is -0.136. The van der Waals surface area contributed by atoms with Gasteiger partial charge in [-0.15, -0.1) is 0 Å². The molecule has 3 nitrogen and oxygen atoms in total. The van der Waals surface area contributed by atoms with Gasteiger partial charge in [-0.1, -0.05) is 30.3 Å². The zero-order valence-corrected chi connectivity index (χ0v) is 11.5. The molecule has 0 saturated heterocycles. The highest BCUT2D eigenvalue weighted by Crippen LogP contribution is 2.22. The minimum absolute atomic E-state index is 0.0468. The molecule has 2 rings (SSSR count). The summed E-state index contributed by atoms with van der Waals surface area (Å²) in [6.45, 7) is 1.82. The van der Waals surface area contributed by atoms with E-state index >= 15 is 0 Å². The Hall–Kier alpha value is -2.43. The molecule has 2 aromatic rings. The third-order valence-electron chi connectivity index (χ3n) is 3.13. The van der Waals surface area contributed by atoms with Crippen LogP contribution in [0.3, 0.4) is 0 Å². The Bertz CT molecular complexity index is 654. The maximum atomic E-state index is 13.8. The number of anilines is 1. The fraction of sp³-hybridized carbons (Fsp3) is 0.188. The highest BCUT2D eigenvalue weighted by atomic mass is 19.1. The quantitative estimate of drug-likeness (QED) is 0.886. The van der Waals surface area contributed by atoms with E-state index in [9.17, 15) is 13.6 Å². The number of hydrogen-bond donors (Lipinski definition) is 2. The number of carboxylic acids is 1. The van der Waals surface area contributed by atoms with Gasteiger partial charge in [0.05, 0.1) is 6.42 Å². The lowest BCUT2D eigenvalue weighted by atomic mass is 10.1. The van der Waals surface area contributed by atoms with Gasteiger partial charge in [-0.2, -0.15) is 0 Å². The Labute approximate surface area is 121 Å². The van der Waals surface area contributed by atoms with Crippen molar-refractivity contribution in [3.05, 3.63) is 64.7 Å². The molecule has 21 heavy (non-hydrogen) atoms. The predicted octanol–water partition coefficient (Wildman–Crippen LogP) is 3.51. The van der Waals surface area contributed by atoms with Crippen LogP contribution in [0.2, 0.25) is 0 Å². The number of hydrogen-bond acceptors (Lipinski definition) is 2. The van der Waals surface area contributed by atoms with Gasteiger partial charge in [0.15, 0.2) is 5.82 Å². The van der Waals surface area contributed by atoms with E-state index in [1.54, 1.807) is 31.2 Å². The van der Waals surface area contributed by atoms with Gasteiger partial charge in [0.1, 0.15) is 11.5 Å². The smallest absolute Gasteiger partial charge is 0.307 e. The van der Waals surface area contributed by atoms with Gasteiger partial charge < -0.3 is 10.4 Å². The van der Waals surface area contributed by atoms with Gasteiger partial charge in [-0.25, -0.2) is 8.78 Å². The fourth-order valence-electron chi connectivity index (χ4n) is 1.96. The maximum Gasteiger partial charge on any atom is 0.307 e. The number of carboxylic acid groups (broad SMARTS) is 1. The maximum absolute atomic E-state index is 13.8. The van der Waals surface area contributed by atoms with Gasteiger partial charge >= 0.3 is 5.97 Å². The van der Waals surface area contributed by atoms with Crippen LogP contribution in [0.1, 0.15) is 16.7 Å². The Morgan fingerprint density at radius 2 is 1.71 bits per heavy atom. The van der Waals surface area contributed by atoms with E-state index in [0.29, 0.717) is 11.1 Å². The summed E-state index contributed by atoms with van der Waals surface area (Å²) in [5.41, 5.74) is 1.71. The molecule has 0 aliphatic carbocycles. The summed E-state index contributed by atoms with van der Waals surface area (Å²) in [4.78, 5) is 10.6. The second kappa shape index (κ2) is 6.35. The molecule has 2 aromatic carbocycles. The fourth-order valence-corrected chi connectivity index (χ4v) is 1.96. The van der Waals surface area contributed by atoms with Crippen molar-refractivity contribution in [2.75, 3.05) is 5.32 Å². The van der Waals surface area contributed by atoms with Crippen molar-refractivity contribution < 1.29 is 18.7 Å². The normalized spacial score (nSPS) is 10.4. The van der Waals surface area contributed by atoms with Crippen molar-refractivity contribution in [1.82, 2.24) is 0 Å². The number of aliphatic carboxylic acids is 1. The zero-order valence-electron chi connectivity index (χ0n) is 11.5. The molecule has 110 valence electrons. The molecule has 0 aliphatic heterocycles. The summed E-state index contributed by atoms with van der Waals surface area (Å²) in [6, 6.07) is 9.45. The number of halogens is 2. The molecule has 2 N–H and O–H groups in total. The molecule has 0 fully saturated rings. The molecule has 0 amide bonds. The number of nitrogens with one attached hydrogen (secondary N) is 1. The highest BCUT2D eigenvalue weighted by Gasteiger charge is 2.10. The van der Waals surface area contributed by atoms with E-state index in [1.165, 1.54) is 12.1 Å². The van der Waals surface area contributed by atoms with E-state index in [1.807, 2.05) is 0 Å². The number of aryl methyl sites for hydroxylation is 1. The third-order valence-corrected chi connectivity index (χ3v) is 3.13. The molecule has 0 radical (unpaired) electrons. The second-order valence-corrected chi connectivity index (χ2v) is 4.79. The standard InChI is InChI=1S/C16H15F2NO2/c1-10-2-7-13(17)16(15(10)18)19-9-12-5-3-11(4-6-12)8-14(20)21/h2-7,19H,8-9H2,1H3,(H,20,21). The van der Waals surface area contributed by atoms with Crippen molar-refractivity contribution >= 4 is 11.7 Å². The molecule has 0 atom stereocenters. The minimum atomic E-state index is -0.898. The first-order chi connectivity index (χ1) is 9.97. The summed E-state index contributed by atoms with van der Waals surface area (Å²) >= 11 is 0. The molecular weight excluding hydrogens is 276 g/mol. The highest BCUT2D eigenvalue weighted by molar-refractivity contribution is 5.70. The summed E-state index contributed by atoms with van der Waals surface area (Å²) < 4.78 is 27.4. The third kappa shape index (κ3) is 3.78. The first-order valence-corrected chi connectivity index (χ1v) is 6.45. The van der Waals surface area contributed by atoms with Crippen LogP contribution in [0.15, 0.2) is 36.4 Å². The van der Waals surface area contributed by atoms with Crippen molar-refractivity contribution in [3.8, 4) is 0 Å². The average Bonchev–Trinajstić information content (AvgIpc) is 2.44. The van der Waals surface area contributed by atoms with Crippen LogP contribution in [-0.2, 0) is 17.8 Å². The first-order valence-electron chi connectivity index (χ1n) is 6.45. The van der Waals surface area contributed by atoms with E-state index < -0.39 is 17.6 Å². The predicted molar refractivity (Wildman–Crippen MR) is 76.2 cm³/mol. The minimum Gasteiger partial charge on any atom is -0.481 e. The molecular formula is C16H15F2NO2. The molecule has 0 saturated carbocycles. The topological polar surface area (TPSA) is 49.3 Å². The van der Waals surface area contributed by atoms with E-state index in [0.717, 1.165) is 5.56 Å². The summed E-state index contributed by atoms with van der Waals surface area (Å²) in [5.74, 6) is -2.14. The van der Waals surface area contributed by atoms with Crippen LogP contribution in [-0.4, -0.2) is 11.1 Å². The lowest BCUT2D eigenvalue weighted by Gasteiger charge is -2.10. The molecule has 5 heteroatoms. The largest absolute Gasteiger partial charge is 0.481 e. The van der Waals surface area contributed by atoms with Crippen molar-refractivity contribution in [3.63, 3.8) is 0 Å². The summed E-state index contributed by atoms with van der Waals surface area (Å²) in [6.07, 6.45) is -0.0468. The van der Waals surface area contributed by atoms with Gasteiger partial charge in [0.25, 0.3) is 0 Å². The molecule has 0 heterocycles. The van der Waals surface area contributed by atoms with Crippen molar-refractivity contribution in [2.45, 2.75) is 19.9 Å². The van der Waals surface area contributed by atoms with Crippen LogP contribution in [0.25, 0.3) is 0 Å². The summed E-state index contributed by atoms with van der Waals surface area (Å²) in [5, 5.41) is 11.4. The van der Waals surface area contributed by atoms with E-state index in [-0.39, 0.29) is 18.7 Å². The molecule has 0 aliphatic rings. The van der Waals surface area contributed by atoms with Crippen LogP contribution in [0.4, 0.5) is 14.5 Å². The number of carbonyl (C=O) groups is 1. The molecule has 0 aromatic heterocycles. The monoisotopic (exact) mass is 291 g/mol. The lowest BCUT2D eigenvalue weighted by Crippen LogP contribution is -2.05. The van der Waals surface area contributed by atoms with Crippen LogP contribution >= 0.6 is 0 Å². The average molecular weight is 291 g/mol. The van der Waals surface area contributed by atoms with Crippen LogP contribution < -0.4 is 5.32 Å². The number of rotatable bonds is 5. The van der Waals surface area contributed by atoms with E-state index in [2.05, 4.69) is 5.32 Å². The first kappa shape index (κ1) is 15.0. The Kier molecular flexibility index (Phi) is 4.52. The summed E-state index contributed by atoms with van der Waals surface area (Å²) in [7, 11) is 0. The van der Waals surface area contributed by atoms with Gasteiger partial charge in [-0.05, 0) is 29.7 Å². The van der Waals surface area contributed by atoms with Crippen LogP contribution in [0, 0.1) is 18.6 Å². The van der Waals surface area contributed by atoms with Crippen molar-refractivity contribution in [1.29, 1.82) is 0 Å². The second-order valence-electron chi connectivity index (χ2n) is 4.79. The molecule has 0 spiro atoms. The molecule has 0 unspecified atom stereocenters. The Morgan fingerprint density at radius 3 is 2.33 bits per heavy atom. The van der Waals surface area contributed by atoms with Gasteiger partial charge in [-0.3, -0.25) is 4.79 Å². The Morgan fingerprint density at radius 1 is 1.10 bits per heavy atom.